The maximum absolute atomic E-state index is 11.6. The van der Waals surface area contributed by atoms with E-state index in [2.05, 4.69) is 13.8 Å². The van der Waals surface area contributed by atoms with Crippen LogP contribution in [0.2, 0.25) is 0 Å². The van der Waals surface area contributed by atoms with Crippen LogP contribution in [0, 0.1) is 5.92 Å². The Kier molecular flexibility index (Phi) is 11.4. The molecule has 6 nitrogen and oxygen atoms in total. The largest absolute Gasteiger partial charge is 0.463 e. The summed E-state index contributed by atoms with van der Waals surface area (Å²) < 4.78 is 15.2. The van der Waals surface area contributed by atoms with Crippen molar-refractivity contribution in [3.05, 3.63) is 12.2 Å². The fourth-order valence-corrected chi connectivity index (χ4v) is 2.85. The minimum Gasteiger partial charge on any atom is -0.463 e. The van der Waals surface area contributed by atoms with E-state index in [0.717, 1.165) is 63.5 Å². The van der Waals surface area contributed by atoms with Crippen molar-refractivity contribution in [2.45, 2.75) is 77.7 Å². The normalized spacial score (nSPS) is 16.2. The third-order valence-electron chi connectivity index (χ3n) is 4.55. The van der Waals surface area contributed by atoms with Crippen LogP contribution in [0.25, 0.3) is 0 Å². The van der Waals surface area contributed by atoms with E-state index in [9.17, 15) is 14.4 Å². The van der Waals surface area contributed by atoms with Gasteiger partial charge in [0.2, 0.25) is 0 Å². The minimum absolute atomic E-state index is 0.0638. The molecule has 1 fully saturated rings. The SMILES string of the molecule is CCCCC(CC)COC(=O)COC(=O)/C=C/C(=O)OC1CCCCC1. The number of unbranched alkanes of at least 4 members (excludes halogenated alkanes) is 1. The molecule has 26 heavy (non-hydrogen) atoms. The zero-order chi connectivity index (χ0) is 19.2. The number of ether oxygens (including phenoxy) is 3. The van der Waals surface area contributed by atoms with Gasteiger partial charge in [-0.05, 0) is 38.0 Å². The summed E-state index contributed by atoms with van der Waals surface area (Å²) >= 11 is 0. The van der Waals surface area contributed by atoms with Crippen molar-refractivity contribution in [2.24, 2.45) is 5.92 Å². The van der Waals surface area contributed by atoms with Crippen molar-refractivity contribution >= 4 is 17.9 Å². The summed E-state index contributed by atoms with van der Waals surface area (Å²) in [5, 5.41) is 0. The van der Waals surface area contributed by atoms with Gasteiger partial charge in [-0.15, -0.1) is 0 Å². The van der Waals surface area contributed by atoms with Gasteiger partial charge < -0.3 is 14.2 Å². The van der Waals surface area contributed by atoms with Crippen molar-refractivity contribution in [3.63, 3.8) is 0 Å². The first-order chi connectivity index (χ1) is 12.5. The van der Waals surface area contributed by atoms with Crippen LogP contribution in [-0.2, 0) is 28.6 Å². The molecule has 0 amide bonds. The molecule has 6 heteroatoms. The number of hydrogen-bond acceptors (Lipinski definition) is 6. The lowest BCUT2D eigenvalue weighted by molar-refractivity contribution is -0.157. The van der Waals surface area contributed by atoms with E-state index in [1.54, 1.807) is 0 Å². The van der Waals surface area contributed by atoms with Crippen LogP contribution < -0.4 is 0 Å². The molecule has 1 atom stereocenters. The molecule has 0 aliphatic heterocycles. The zero-order valence-electron chi connectivity index (χ0n) is 16.0. The highest BCUT2D eigenvalue weighted by molar-refractivity contribution is 5.92. The van der Waals surface area contributed by atoms with E-state index in [1.165, 1.54) is 6.42 Å². The molecule has 0 aromatic carbocycles. The van der Waals surface area contributed by atoms with Crippen molar-refractivity contribution in [1.29, 1.82) is 0 Å². The van der Waals surface area contributed by atoms with E-state index in [0.29, 0.717) is 12.5 Å². The number of rotatable bonds is 11. The molecule has 0 aromatic heterocycles. The van der Waals surface area contributed by atoms with Crippen LogP contribution >= 0.6 is 0 Å². The molecule has 1 saturated carbocycles. The van der Waals surface area contributed by atoms with Gasteiger partial charge in [0, 0.05) is 12.2 Å². The smallest absolute Gasteiger partial charge is 0.344 e. The average Bonchev–Trinajstić information content (AvgIpc) is 2.65. The molecule has 1 aliphatic carbocycles. The van der Waals surface area contributed by atoms with Crippen molar-refractivity contribution < 1.29 is 28.6 Å². The van der Waals surface area contributed by atoms with E-state index in [1.807, 2.05) is 0 Å². The van der Waals surface area contributed by atoms with Gasteiger partial charge in [-0.2, -0.15) is 0 Å². The van der Waals surface area contributed by atoms with Gasteiger partial charge in [0.15, 0.2) is 6.61 Å². The molecular weight excluding hydrogens is 336 g/mol. The van der Waals surface area contributed by atoms with Crippen LogP contribution in [0.3, 0.4) is 0 Å². The molecule has 0 N–H and O–H groups in total. The maximum Gasteiger partial charge on any atom is 0.344 e. The summed E-state index contributed by atoms with van der Waals surface area (Å²) in [6.45, 7) is 4.07. The predicted molar refractivity (Wildman–Crippen MR) is 97.3 cm³/mol. The Bertz CT molecular complexity index is 465. The Hall–Kier alpha value is -1.85. The summed E-state index contributed by atoms with van der Waals surface area (Å²) in [4.78, 5) is 34.8. The summed E-state index contributed by atoms with van der Waals surface area (Å²) in [5.41, 5.74) is 0. The van der Waals surface area contributed by atoms with Crippen LogP contribution in [0.5, 0.6) is 0 Å². The van der Waals surface area contributed by atoms with Gasteiger partial charge in [-0.1, -0.05) is 39.5 Å². The third-order valence-corrected chi connectivity index (χ3v) is 4.55. The Morgan fingerprint density at radius 1 is 1.00 bits per heavy atom. The fourth-order valence-electron chi connectivity index (χ4n) is 2.85. The zero-order valence-corrected chi connectivity index (χ0v) is 16.0. The Morgan fingerprint density at radius 2 is 1.69 bits per heavy atom. The summed E-state index contributed by atoms with van der Waals surface area (Å²) in [7, 11) is 0. The van der Waals surface area contributed by atoms with Gasteiger partial charge in [-0.25, -0.2) is 14.4 Å². The van der Waals surface area contributed by atoms with Crippen molar-refractivity contribution in [2.75, 3.05) is 13.2 Å². The lowest BCUT2D eigenvalue weighted by Crippen LogP contribution is -2.20. The molecule has 0 aromatic rings. The first kappa shape index (κ1) is 22.2. The molecule has 0 bridgehead atoms. The lowest BCUT2D eigenvalue weighted by Gasteiger charge is -2.20. The first-order valence-electron chi connectivity index (χ1n) is 9.76. The number of carbonyl (C=O) groups excluding carboxylic acids is 3. The number of hydrogen-bond donors (Lipinski definition) is 0. The highest BCUT2D eigenvalue weighted by atomic mass is 16.6. The Morgan fingerprint density at radius 3 is 2.35 bits per heavy atom. The van der Waals surface area contributed by atoms with Gasteiger partial charge in [-0.3, -0.25) is 0 Å². The average molecular weight is 368 g/mol. The summed E-state index contributed by atoms with van der Waals surface area (Å²) in [6, 6.07) is 0. The molecule has 1 rings (SSSR count). The topological polar surface area (TPSA) is 78.9 Å². The second kappa shape index (κ2) is 13.4. The highest BCUT2D eigenvalue weighted by Crippen LogP contribution is 2.20. The van der Waals surface area contributed by atoms with Crippen LogP contribution in [0.4, 0.5) is 0 Å². The maximum atomic E-state index is 11.6. The molecule has 148 valence electrons. The molecule has 0 saturated heterocycles. The van der Waals surface area contributed by atoms with E-state index >= 15 is 0 Å². The predicted octanol–water partition coefficient (Wildman–Crippen LogP) is 3.72. The second-order valence-electron chi connectivity index (χ2n) is 6.74. The van der Waals surface area contributed by atoms with Gasteiger partial charge in [0.05, 0.1) is 6.61 Å². The standard InChI is InChI=1S/C20H32O6/c1-3-5-9-16(4-2)14-24-20(23)15-25-18(21)12-13-19(22)26-17-10-7-6-8-11-17/h12-13,16-17H,3-11,14-15H2,1-2H3/b13-12+. The van der Waals surface area contributed by atoms with E-state index in [-0.39, 0.29) is 6.10 Å². The molecular formula is C20H32O6. The number of carbonyl (C=O) groups is 3. The summed E-state index contributed by atoms with van der Waals surface area (Å²) in [5.74, 6) is -1.56. The quantitative estimate of drug-likeness (QED) is 0.314. The third kappa shape index (κ3) is 10.2. The van der Waals surface area contributed by atoms with Gasteiger partial charge in [0.1, 0.15) is 6.10 Å². The lowest BCUT2D eigenvalue weighted by atomic mass is 9.98. The molecule has 0 radical (unpaired) electrons. The minimum atomic E-state index is -0.763. The van der Waals surface area contributed by atoms with Crippen molar-refractivity contribution in [1.82, 2.24) is 0 Å². The van der Waals surface area contributed by atoms with Crippen LogP contribution in [0.1, 0.15) is 71.6 Å². The van der Waals surface area contributed by atoms with Gasteiger partial charge >= 0.3 is 17.9 Å². The van der Waals surface area contributed by atoms with Crippen LogP contribution in [0.15, 0.2) is 12.2 Å². The Labute approximate surface area is 156 Å². The molecule has 1 aliphatic rings. The first-order valence-corrected chi connectivity index (χ1v) is 9.76. The van der Waals surface area contributed by atoms with Gasteiger partial charge in [0.25, 0.3) is 0 Å². The second-order valence-corrected chi connectivity index (χ2v) is 6.74. The Balaban J connectivity index is 2.19. The molecule has 0 heterocycles. The monoisotopic (exact) mass is 368 g/mol. The summed E-state index contributed by atoms with van der Waals surface area (Å²) in [6.07, 6.45) is 11.2. The molecule has 1 unspecified atom stereocenters. The van der Waals surface area contributed by atoms with Crippen LogP contribution in [-0.4, -0.2) is 37.2 Å². The highest BCUT2D eigenvalue weighted by Gasteiger charge is 2.16. The van der Waals surface area contributed by atoms with E-state index < -0.39 is 24.5 Å². The molecule has 0 spiro atoms. The number of esters is 3. The fraction of sp³-hybridized carbons (Fsp3) is 0.750. The van der Waals surface area contributed by atoms with Crippen molar-refractivity contribution in [3.8, 4) is 0 Å². The van der Waals surface area contributed by atoms with E-state index in [4.69, 9.17) is 14.2 Å².